The van der Waals surface area contributed by atoms with Gasteiger partial charge in [-0.05, 0) is 38.2 Å². The molecule has 1 rings (SSSR count). The van der Waals surface area contributed by atoms with Gasteiger partial charge >= 0.3 is 0 Å². The highest BCUT2D eigenvalue weighted by Gasteiger charge is 1.79. The molecule has 0 saturated carbocycles. The first-order valence-corrected chi connectivity index (χ1v) is 5.00. The lowest BCUT2D eigenvalue weighted by atomic mass is 10.2. The van der Waals surface area contributed by atoms with Crippen LogP contribution in [-0.2, 0) is 0 Å². The van der Waals surface area contributed by atoms with Gasteiger partial charge in [0, 0.05) is 0 Å². The summed E-state index contributed by atoms with van der Waals surface area (Å²) < 4.78 is 0. The molecule has 0 heterocycles. The Kier molecular flexibility index (Phi) is 5.87. The number of allylic oxidation sites excluding steroid dienone is 8. The first-order valence-electron chi connectivity index (χ1n) is 5.00. The van der Waals surface area contributed by atoms with Crippen molar-refractivity contribution in [2.75, 3.05) is 0 Å². The van der Waals surface area contributed by atoms with E-state index in [-0.39, 0.29) is 0 Å². The molecule has 0 aromatic heterocycles. The molecule has 1 aliphatic carbocycles. The van der Waals surface area contributed by atoms with Gasteiger partial charge < -0.3 is 0 Å². The Balaban J connectivity index is 2.38. The van der Waals surface area contributed by atoms with Gasteiger partial charge in [-0.25, -0.2) is 0 Å². The van der Waals surface area contributed by atoms with Gasteiger partial charge in [0.05, 0.1) is 0 Å². The standard InChI is InChI=1S/C13H17/c1-2-4-6-8-10-12-13-11-9-7-5-3-1/h1-2,5-7,12-13H,3-4,9-11H2/b2-1+,7-5-,8-6?,13-12+. The molecule has 0 aliphatic heterocycles. The highest BCUT2D eigenvalue weighted by molar-refractivity contribution is 4.98. The van der Waals surface area contributed by atoms with E-state index in [1.54, 1.807) is 0 Å². The summed E-state index contributed by atoms with van der Waals surface area (Å²) in [5, 5.41) is 0. The van der Waals surface area contributed by atoms with Gasteiger partial charge in [-0.2, -0.15) is 0 Å². The molecule has 0 amide bonds. The number of hydrogen-bond acceptors (Lipinski definition) is 0. The maximum absolute atomic E-state index is 3.24. The number of hydrogen-bond donors (Lipinski definition) is 0. The average molecular weight is 173 g/mol. The SMILES string of the molecule is [C]1=C/C/C=C/C/C=C\CC/C=C/C/1. The van der Waals surface area contributed by atoms with Crippen molar-refractivity contribution in [2.45, 2.75) is 32.1 Å². The molecule has 0 aromatic rings. The zero-order valence-corrected chi connectivity index (χ0v) is 8.08. The zero-order valence-electron chi connectivity index (χ0n) is 8.08. The normalized spacial score (nSPS) is 28.9. The molecule has 13 heavy (non-hydrogen) atoms. The Morgan fingerprint density at radius 2 is 1.38 bits per heavy atom. The van der Waals surface area contributed by atoms with Crippen LogP contribution in [0.25, 0.3) is 0 Å². The van der Waals surface area contributed by atoms with Gasteiger partial charge in [0.15, 0.2) is 0 Å². The smallest absolute Gasteiger partial charge is 0.00978 e. The fraction of sp³-hybridized carbons (Fsp3) is 0.385. The Morgan fingerprint density at radius 1 is 0.692 bits per heavy atom. The van der Waals surface area contributed by atoms with Crippen molar-refractivity contribution in [3.8, 4) is 0 Å². The summed E-state index contributed by atoms with van der Waals surface area (Å²) in [6, 6.07) is 0. The fourth-order valence-corrected chi connectivity index (χ4v) is 1.18. The second kappa shape index (κ2) is 7.60. The van der Waals surface area contributed by atoms with Crippen molar-refractivity contribution >= 4 is 0 Å². The molecule has 0 aromatic carbocycles. The maximum atomic E-state index is 3.24. The van der Waals surface area contributed by atoms with Crippen molar-refractivity contribution in [3.05, 3.63) is 48.6 Å². The van der Waals surface area contributed by atoms with Gasteiger partial charge in [0.1, 0.15) is 0 Å². The fourth-order valence-electron chi connectivity index (χ4n) is 1.18. The summed E-state index contributed by atoms with van der Waals surface area (Å²) in [6.07, 6.45) is 24.0. The zero-order chi connectivity index (χ0) is 9.19. The van der Waals surface area contributed by atoms with Gasteiger partial charge in [-0.1, -0.05) is 42.5 Å². The second-order valence-electron chi connectivity index (χ2n) is 3.08. The molecule has 0 nitrogen and oxygen atoms in total. The van der Waals surface area contributed by atoms with Gasteiger partial charge in [0.2, 0.25) is 0 Å². The van der Waals surface area contributed by atoms with Crippen LogP contribution in [0.15, 0.2) is 42.5 Å². The largest absolute Gasteiger partial charge is 0.0879 e. The van der Waals surface area contributed by atoms with Gasteiger partial charge in [-0.3, -0.25) is 0 Å². The van der Waals surface area contributed by atoms with E-state index in [1.807, 2.05) is 0 Å². The summed E-state index contributed by atoms with van der Waals surface area (Å²) >= 11 is 0. The monoisotopic (exact) mass is 173 g/mol. The van der Waals surface area contributed by atoms with Crippen LogP contribution in [0.1, 0.15) is 32.1 Å². The molecule has 0 atom stereocenters. The van der Waals surface area contributed by atoms with Crippen LogP contribution in [-0.4, -0.2) is 0 Å². The second-order valence-corrected chi connectivity index (χ2v) is 3.08. The topological polar surface area (TPSA) is 0 Å². The van der Waals surface area contributed by atoms with Crippen LogP contribution in [0.2, 0.25) is 0 Å². The first-order chi connectivity index (χ1) is 6.50. The lowest BCUT2D eigenvalue weighted by Gasteiger charge is -1.85. The minimum atomic E-state index is 0.956. The molecule has 0 unspecified atom stereocenters. The number of rotatable bonds is 0. The third-order valence-electron chi connectivity index (χ3n) is 1.91. The van der Waals surface area contributed by atoms with E-state index in [4.69, 9.17) is 0 Å². The maximum Gasteiger partial charge on any atom is -0.00978 e. The highest BCUT2D eigenvalue weighted by atomic mass is 13.9. The molecule has 69 valence electrons. The summed E-state index contributed by atoms with van der Waals surface area (Å²) in [5.74, 6) is 0. The minimum Gasteiger partial charge on any atom is -0.0879 e. The van der Waals surface area contributed by atoms with Crippen molar-refractivity contribution in [2.24, 2.45) is 0 Å². The van der Waals surface area contributed by atoms with Crippen molar-refractivity contribution in [1.29, 1.82) is 0 Å². The molecule has 0 saturated heterocycles. The molecule has 0 bridgehead atoms. The first kappa shape index (κ1) is 10.0. The van der Waals surface area contributed by atoms with E-state index in [1.165, 1.54) is 0 Å². The lowest BCUT2D eigenvalue weighted by Crippen LogP contribution is -1.65. The van der Waals surface area contributed by atoms with Crippen molar-refractivity contribution in [1.82, 2.24) is 0 Å². The van der Waals surface area contributed by atoms with Gasteiger partial charge in [0.25, 0.3) is 0 Å². The van der Waals surface area contributed by atoms with Crippen LogP contribution < -0.4 is 0 Å². The van der Waals surface area contributed by atoms with E-state index in [2.05, 4.69) is 48.6 Å². The van der Waals surface area contributed by atoms with Gasteiger partial charge in [-0.15, -0.1) is 0 Å². The average Bonchev–Trinajstić information content (AvgIpc) is 2.18. The van der Waals surface area contributed by atoms with Crippen molar-refractivity contribution in [3.63, 3.8) is 0 Å². The summed E-state index contributed by atoms with van der Waals surface area (Å²) in [6.45, 7) is 0. The third-order valence-corrected chi connectivity index (χ3v) is 1.91. The summed E-state index contributed by atoms with van der Waals surface area (Å²) in [7, 11) is 0. The van der Waals surface area contributed by atoms with Crippen LogP contribution in [0.3, 0.4) is 0 Å². The van der Waals surface area contributed by atoms with E-state index < -0.39 is 0 Å². The summed E-state index contributed by atoms with van der Waals surface area (Å²) in [4.78, 5) is 0. The van der Waals surface area contributed by atoms with Crippen LogP contribution in [0.4, 0.5) is 0 Å². The molecule has 0 heteroatoms. The van der Waals surface area contributed by atoms with E-state index in [9.17, 15) is 0 Å². The van der Waals surface area contributed by atoms with Crippen LogP contribution in [0.5, 0.6) is 0 Å². The molecule has 0 fully saturated rings. The molecule has 1 radical (unpaired) electrons. The highest BCUT2D eigenvalue weighted by Crippen LogP contribution is 1.99. The molecular weight excluding hydrogens is 156 g/mol. The Morgan fingerprint density at radius 3 is 2.31 bits per heavy atom. The van der Waals surface area contributed by atoms with Crippen LogP contribution in [0, 0.1) is 6.08 Å². The quantitative estimate of drug-likeness (QED) is 0.486. The third kappa shape index (κ3) is 6.15. The van der Waals surface area contributed by atoms with Crippen molar-refractivity contribution < 1.29 is 0 Å². The Bertz CT molecular complexity index is 192. The predicted octanol–water partition coefficient (Wildman–Crippen LogP) is 3.98. The lowest BCUT2D eigenvalue weighted by molar-refractivity contribution is 1.04. The molecule has 0 spiro atoms. The minimum absolute atomic E-state index is 0.956. The van der Waals surface area contributed by atoms with E-state index in [0.29, 0.717) is 0 Å². The molecule has 1 aliphatic rings. The van der Waals surface area contributed by atoms with Crippen LogP contribution >= 0.6 is 0 Å². The molecular formula is C13H17. The predicted molar refractivity (Wildman–Crippen MR) is 58.3 cm³/mol. The van der Waals surface area contributed by atoms with E-state index >= 15 is 0 Å². The Labute approximate surface area is 81.4 Å². The summed E-state index contributed by atoms with van der Waals surface area (Å²) in [5.41, 5.74) is 0. The Hall–Kier alpha value is -1.04. The van der Waals surface area contributed by atoms with E-state index in [0.717, 1.165) is 32.1 Å². The molecule has 0 N–H and O–H groups in total.